The second kappa shape index (κ2) is 7.97. The first-order valence-corrected chi connectivity index (χ1v) is 9.37. The third-order valence-electron chi connectivity index (χ3n) is 5.50. The van der Waals surface area contributed by atoms with Gasteiger partial charge in [-0.05, 0) is 44.2 Å². The van der Waals surface area contributed by atoms with Gasteiger partial charge in [0.2, 0.25) is 5.91 Å². The molecule has 1 saturated heterocycles. The van der Waals surface area contributed by atoms with Crippen LogP contribution in [0.2, 0.25) is 0 Å². The van der Waals surface area contributed by atoms with Crippen molar-refractivity contribution < 1.29 is 4.79 Å². The molecule has 0 bridgehead atoms. The monoisotopic (exact) mass is 330 g/mol. The summed E-state index contributed by atoms with van der Waals surface area (Å²) in [4.78, 5) is 21.4. The van der Waals surface area contributed by atoms with E-state index >= 15 is 0 Å². The van der Waals surface area contributed by atoms with E-state index in [-0.39, 0.29) is 11.9 Å². The Balaban J connectivity index is 1.59. The molecule has 2 fully saturated rings. The van der Waals surface area contributed by atoms with Gasteiger partial charge in [0.1, 0.15) is 0 Å². The smallest absolute Gasteiger partial charge is 0.239 e. The van der Waals surface area contributed by atoms with Gasteiger partial charge in [-0.25, -0.2) is 0 Å². The molecule has 1 saturated carbocycles. The highest BCUT2D eigenvalue weighted by Crippen LogP contribution is 2.26. The molecule has 1 aromatic rings. The van der Waals surface area contributed by atoms with Gasteiger partial charge in [0, 0.05) is 43.8 Å². The molecule has 0 spiro atoms. The van der Waals surface area contributed by atoms with Crippen molar-refractivity contribution in [3.8, 4) is 0 Å². The van der Waals surface area contributed by atoms with Gasteiger partial charge in [-0.2, -0.15) is 0 Å². The molecule has 5 nitrogen and oxygen atoms in total. The van der Waals surface area contributed by atoms with Crippen LogP contribution >= 0.6 is 0 Å². The Labute approximate surface area is 145 Å². The van der Waals surface area contributed by atoms with E-state index in [0.29, 0.717) is 5.92 Å². The third-order valence-corrected chi connectivity index (χ3v) is 5.50. The number of carbonyl (C=O) groups is 1. The Morgan fingerprint density at radius 3 is 2.71 bits per heavy atom. The Morgan fingerprint density at radius 2 is 1.96 bits per heavy atom. The van der Waals surface area contributed by atoms with Crippen molar-refractivity contribution in [2.75, 3.05) is 31.1 Å². The number of rotatable bonds is 3. The summed E-state index contributed by atoms with van der Waals surface area (Å²) >= 11 is 0. The lowest BCUT2D eigenvalue weighted by atomic mass is 9.84. The summed E-state index contributed by atoms with van der Waals surface area (Å²) in [7, 11) is 0. The molecule has 1 atom stereocenters. The fourth-order valence-corrected chi connectivity index (χ4v) is 4.03. The molecular formula is C19H30N4O. The molecule has 1 amide bonds. The summed E-state index contributed by atoms with van der Waals surface area (Å²) in [5, 5.41) is 0. The highest BCUT2D eigenvalue weighted by molar-refractivity contribution is 5.82. The summed E-state index contributed by atoms with van der Waals surface area (Å²) in [6.07, 6.45) is 8.82. The van der Waals surface area contributed by atoms with Gasteiger partial charge in [0.15, 0.2) is 0 Å². The van der Waals surface area contributed by atoms with E-state index in [4.69, 9.17) is 5.73 Å². The lowest BCUT2D eigenvalue weighted by Crippen LogP contribution is -2.49. The highest BCUT2D eigenvalue weighted by atomic mass is 16.2. The van der Waals surface area contributed by atoms with Gasteiger partial charge >= 0.3 is 0 Å². The summed E-state index contributed by atoms with van der Waals surface area (Å²) in [5.74, 6) is 0.545. The van der Waals surface area contributed by atoms with Crippen LogP contribution in [0.3, 0.4) is 0 Å². The molecule has 24 heavy (non-hydrogen) atoms. The number of nitrogens with zero attached hydrogens (tertiary/aromatic N) is 3. The SMILES string of the molecule is Cc1cc(N2CCCN(C(=O)C(N)C3CCCCC3)CC2)ccn1. The molecular weight excluding hydrogens is 300 g/mol. The molecule has 1 aliphatic heterocycles. The zero-order valence-electron chi connectivity index (χ0n) is 14.8. The normalized spacial score (nSPS) is 21.4. The number of aryl methyl sites for hydroxylation is 1. The number of hydrogen-bond acceptors (Lipinski definition) is 4. The van der Waals surface area contributed by atoms with E-state index in [2.05, 4.69) is 22.0 Å². The maximum atomic E-state index is 12.8. The minimum absolute atomic E-state index is 0.162. The Bertz CT molecular complexity index is 556. The Hall–Kier alpha value is -1.62. The van der Waals surface area contributed by atoms with Gasteiger partial charge in [-0.1, -0.05) is 19.3 Å². The van der Waals surface area contributed by atoms with E-state index in [0.717, 1.165) is 51.1 Å². The average molecular weight is 330 g/mol. The van der Waals surface area contributed by atoms with Crippen LogP contribution in [0.25, 0.3) is 0 Å². The minimum atomic E-state index is -0.306. The van der Waals surface area contributed by atoms with Crippen molar-refractivity contribution in [3.05, 3.63) is 24.0 Å². The van der Waals surface area contributed by atoms with Crippen LogP contribution in [0.5, 0.6) is 0 Å². The lowest BCUT2D eigenvalue weighted by molar-refractivity contribution is -0.133. The van der Waals surface area contributed by atoms with E-state index in [1.54, 1.807) is 0 Å². The molecule has 1 unspecified atom stereocenters. The van der Waals surface area contributed by atoms with Crippen molar-refractivity contribution in [2.24, 2.45) is 11.7 Å². The number of aromatic nitrogens is 1. The standard InChI is InChI=1S/C19H30N4O/c1-15-14-17(8-9-21-15)22-10-5-11-23(13-12-22)19(24)18(20)16-6-3-2-4-7-16/h8-9,14,16,18H,2-7,10-13,20H2,1H3. The average Bonchev–Trinajstić information content (AvgIpc) is 2.87. The fraction of sp³-hybridized carbons (Fsp3) is 0.684. The first-order chi connectivity index (χ1) is 11.6. The zero-order chi connectivity index (χ0) is 16.9. The van der Waals surface area contributed by atoms with Crippen LogP contribution in [0.15, 0.2) is 18.3 Å². The van der Waals surface area contributed by atoms with Crippen molar-refractivity contribution in [3.63, 3.8) is 0 Å². The second-order valence-electron chi connectivity index (χ2n) is 7.25. The van der Waals surface area contributed by atoms with Crippen LogP contribution in [0.4, 0.5) is 5.69 Å². The van der Waals surface area contributed by atoms with E-state index < -0.39 is 0 Å². The quantitative estimate of drug-likeness (QED) is 0.924. The summed E-state index contributed by atoms with van der Waals surface area (Å²) < 4.78 is 0. The highest BCUT2D eigenvalue weighted by Gasteiger charge is 2.30. The van der Waals surface area contributed by atoms with Crippen LogP contribution < -0.4 is 10.6 Å². The number of hydrogen-bond donors (Lipinski definition) is 1. The molecule has 2 N–H and O–H groups in total. The predicted octanol–water partition coefficient (Wildman–Crippen LogP) is 2.34. The van der Waals surface area contributed by atoms with E-state index in [9.17, 15) is 4.79 Å². The second-order valence-corrected chi connectivity index (χ2v) is 7.25. The molecule has 1 aromatic heterocycles. The number of amides is 1. The topological polar surface area (TPSA) is 62.5 Å². The first-order valence-electron chi connectivity index (χ1n) is 9.37. The van der Waals surface area contributed by atoms with Gasteiger partial charge in [0.05, 0.1) is 6.04 Å². The maximum Gasteiger partial charge on any atom is 0.239 e. The van der Waals surface area contributed by atoms with Crippen molar-refractivity contribution in [1.82, 2.24) is 9.88 Å². The van der Waals surface area contributed by atoms with E-state index in [1.807, 2.05) is 18.0 Å². The first kappa shape index (κ1) is 17.2. The lowest BCUT2D eigenvalue weighted by Gasteiger charge is -2.31. The number of carbonyl (C=O) groups excluding carboxylic acids is 1. The number of nitrogens with two attached hydrogens (primary N) is 1. The largest absolute Gasteiger partial charge is 0.370 e. The summed E-state index contributed by atoms with van der Waals surface area (Å²) in [6, 6.07) is 3.86. The Kier molecular flexibility index (Phi) is 5.72. The van der Waals surface area contributed by atoms with Gasteiger partial charge in [0.25, 0.3) is 0 Å². The molecule has 5 heteroatoms. The van der Waals surface area contributed by atoms with Crippen molar-refractivity contribution >= 4 is 11.6 Å². The molecule has 0 aromatic carbocycles. The van der Waals surface area contributed by atoms with Gasteiger partial charge in [-0.15, -0.1) is 0 Å². The molecule has 2 heterocycles. The van der Waals surface area contributed by atoms with Gasteiger partial charge in [-0.3, -0.25) is 9.78 Å². The van der Waals surface area contributed by atoms with E-state index in [1.165, 1.54) is 24.9 Å². The third kappa shape index (κ3) is 4.07. The van der Waals surface area contributed by atoms with Crippen molar-refractivity contribution in [1.29, 1.82) is 0 Å². The maximum absolute atomic E-state index is 12.8. The number of pyridine rings is 1. The molecule has 0 radical (unpaired) electrons. The Morgan fingerprint density at radius 1 is 1.17 bits per heavy atom. The van der Waals surface area contributed by atoms with Crippen molar-refractivity contribution in [2.45, 2.75) is 51.5 Å². The van der Waals surface area contributed by atoms with Crippen LogP contribution in [-0.4, -0.2) is 48.0 Å². The minimum Gasteiger partial charge on any atom is -0.370 e. The number of anilines is 1. The summed E-state index contributed by atoms with van der Waals surface area (Å²) in [5.41, 5.74) is 8.56. The molecule has 1 aliphatic carbocycles. The fourth-order valence-electron chi connectivity index (χ4n) is 4.03. The van der Waals surface area contributed by atoms with Gasteiger partial charge < -0.3 is 15.5 Å². The molecule has 3 rings (SSSR count). The van der Waals surface area contributed by atoms with Crippen LogP contribution in [0, 0.1) is 12.8 Å². The van der Waals surface area contributed by atoms with Crippen LogP contribution in [0.1, 0.15) is 44.2 Å². The molecule has 132 valence electrons. The summed E-state index contributed by atoms with van der Waals surface area (Å²) in [6.45, 7) is 5.44. The van der Waals surface area contributed by atoms with Crippen LogP contribution in [-0.2, 0) is 4.79 Å². The molecule has 2 aliphatic rings. The zero-order valence-corrected chi connectivity index (χ0v) is 14.8. The predicted molar refractivity (Wildman–Crippen MR) is 96.9 cm³/mol.